The second-order valence-corrected chi connectivity index (χ2v) is 7.08. The average Bonchev–Trinajstić information content (AvgIpc) is 2.50. The smallest absolute Gasteiger partial charge is 0.119 e. The summed E-state index contributed by atoms with van der Waals surface area (Å²) < 4.78 is 6.64. The Morgan fingerprint density at radius 2 is 1.95 bits per heavy atom. The Kier molecular flexibility index (Phi) is 4.22. The van der Waals surface area contributed by atoms with Crippen molar-refractivity contribution < 1.29 is 4.74 Å². The lowest BCUT2D eigenvalue weighted by atomic mass is 9.74. The van der Waals surface area contributed by atoms with Crippen LogP contribution in [0.2, 0.25) is 0 Å². The third-order valence-electron chi connectivity index (χ3n) is 4.36. The van der Waals surface area contributed by atoms with Crippen molar-refractivity contribution in [3.63, 3.8) is 0 Å². The molecule has 3 rings (SSSR count). The molecule has 0 aromatic heterocycles. The van der Waals surface area contributed by atoms with Crippen molar-refractivity contribution in [1.82, 2.24) is 0 Å². The van der Waals surface area contributed by atoms with Gasteiger partial charge >= 0.3 is 0 Å². The van der Waals surface area contributed by atoms with E-state index in [2.05, 4.69) is 59.0 Å². The molecule has 0 saturated heterocycles. The van der Waals surface area contributed by atoms with E-state index < -0.39 is 0 Å². The Labute approximate surface area is 139 Å². The van der Waals surface area contributed by atoms with Gasteiger partial charge in [-0.25, -0.2) is 0 Å². The van der Waals surface area contributed by atoms with Crippen molar-refractivity contribution >= 4 is 22.6 Å². The Morgan fingerprint density at radius 3 is 2.67 bits per heavy atom. The molecule has 2 nitrogen and oxygen atoms in total. The highest BCUT2D eigenvalue weighted by molar-refractivity contribution is 14.1. The number of hydrogen-bond donors (Lipinski definition) is 1. The summed E-state index contributed by atoms with van der Waals surface area (Å²) in [6.07, 6.45) is 4.18. The molecule has 110 valence electrons. The van der Waals surface area contributed by atoms with Gasteiger partial charge in [0, 0.05) is 9.11 Å². The Balaban J connectivity index is 1.96. The van der Waals surface area contributed by atoms with Gasteiger partial charge in [0.15, 0.2) is 0 Å². The minimum Gasteiger partial charge on any atom is -0.497 e. The molecule has 0 aliphatic heterocycles. The second-order valence-electron chi connectivity index (χ2n) is 5.84. The molecule has 21 heavy (non-hydrogen) atoms. The first-order valence-electron chi connectivity index (χ1n) is 7.31. The molecular formula is C18H20INO. The van der Waals surface area contributed by atoms with Gasteiger partial charge in [0.25, 0.3) is 0 Å². The van der Waals surface area contributed by atoms with E-state index in [0.29, 0.717) is 0 Å². The Hall–Kier alpha value is -1.07. The molecule has 2 aromatic carbocycles. The van der Waals surface area contributed by atoms with Crippen LogP contribution >= 0.6 is 22.6 Å². The molecule has 0 bridgehead atoms. The van der Waals surface area contributed by atoms with Gasteiger partial charge in [0.05, 0.1) is 7.11 Å². The molecule has 2 aromatic rings. The molecule has 2 N–H and O–H groups in total. The third kappa shape index (κ3) is 3.09. The van der Waals surface area contributed by atoms with Crippen molar-refractivity contribution in [3.8, 4) is 5.75 Å². The van der Waals surface area contributed by atoms with E-state index in [0.717, 1.165) is 31.4 Å². The van der Waals surface area contributed by atoms with Crippen molar-refractivity contribution in [1.29, 1.82) is 0 Å². The number of hydrogen-bond acceptors (Lipinski definition) is 2. The van der Waals surface area contributed by atoms with Crippen molar-refractivity contribution in [2.24, 2.45) is 5.73 Å². The maximum atomic E-state index is 6.81. The lowest BCUT2D eigenvalue weighted by molar-refractivity contribution is 0.363. The molecule has 1 unspecified atom stereocenters. The standard InChI is InChI=1S/C18H20INO/c1-21-16-9-6-14-3-2-10-18(20,17(14)11-16)12-13-4-7-15(19)8-5-13/h4-9,11H,2-3,10,12,20H2,1H3. The molecule has 1 atom stereocenters. The van der Waals surface area contributed by atoms with E-state index in [9.17, 15) is 0 Å². The fraction of sp³-hybridized carbons (Fsp3) is 0.333. The van der Waals surface area contributed by atoms with Crippen LogP contribution in [0.3, 0.4) is 0 Å². The van der Waals surface area contributed by atoms with Crippen LogP contribution in [-0.4, -0.2) is 7.11 Å². The summed E-state index contributed by atoms with van der Waals surface area (Å²) in [4.78, 5) is 0. The fourth-order valence-electron chi connectivity index (χ4n) is 3.24. The Bertz CT molecular complexity index is 638. The minimum atomic E-state index is -0.283. The summed E-state index contributed by atoms with van der Waals surface area (Å²) in [5.74, 6) is 0.896. The molecule has 0 radical (unpaired) electrons. The number of aryl methyl sites for hydroxylation is 1. The number of rotatable bonds is 3. The van der Waals surface area contributed by atoms with Gasteiger partial charge in [0.1, 0.15) is 5.75 Å². The largest absolute Gasteiger partial charge is 0.497 e. The molecule has 0 spiro atoms. The summed E-state index contributed by atoms with van der Waals surface area (Å²) >= 11 is 2.33. The average molecular weight is 393 g/mol. The van der Waals surface area contributed by atoms with E-state index in [4.69, 9.17) is 10.5 Å². The maximum Gasteiger partial charge on any atom is 0.119 e. The monoisotopic (exact) mass is 393 g/mol. The molecule has 0 amide bonds. The topological polar surface area (TPSA) is 35.2 Å². The molecular weight excluding hydrogens is 373 g/mol. The van der Waals surface area contributed by atoms with Crippen LogP contribution in [0.25, 0.3) is 0 Å². The summed E-state index contributed by atoms with van der Waals surface area (Å²) in [7, 11) is 1.71. The Morgan fingerprint density at radius 1 is 1.19 bits per heavy atom. The number of ether oxygens (including phenoxy) is 1. The van der Waals surface area contributed by atoms with Crippen LogP contribution in [-0.2, 0) is 18.4 Å². The quantitative estimate of drug-likeness (QED) is 0.800. The van der Waals surface area contributed by atoms with Crippen molar-refractivity contribution in [3.05, 3.63) is 62.7 Å². The lowest BCUT2D eigenvalue weighted by Crippen LogP contribution is -2.42. The molecule has 3 heteroatoms. The van der Waals surface area contributed by atoms with Crippen LogP contribution in [0.15, 0.2) is 42.5 Å². The SMILES string of the molecule is COc1ccc2c(c1)C(N)(Cc1ccc(I)cc1)CCC2. The molecule has 1 aliphatic carbocycles. The number of nitrogens with two attached hydrogens (primary N) is 1. The number of halogens is 1. The van der Waals surface area contributed by atoms with E-state index in [1.54, 1.807) is 7.11 Å². The van der Waals surface area contributed by atoms with Crippen molar-refractivity contribution in [2.45, 2.75) is 31.2 Å². The van der Waals surface area contributed by atoms with Crippen LogP contribution < -0.4 is 10.5 Å². The molecule has 0 saturated carbocycles. The first-order chi connectivity index (χ1) is 10.1. The van der Waals surface area contributed by atoms with Crippen LogP contribution in [0.1, 0.15) is 29.5 Å². The summed E-state index contributed by atoms with van der Waals surface area (Å²) in [5, 5.41) is 0. The van der Waals surface area contributed by atoms with E-state index >= 15 is 0 Å². The predicted molar refractivity (Wildman–Crippen MR) is 94.7 cm³/mol. The highest BCUT2D eigenvalue weighted by Gasteiger charge is 2.33. The summed E-state index contributed by atoms with van der Waals surface area (Å²) in [6, 6.07) is 15.0. The van der Waals surface area contributed by atoms with Gasteiger partial charge in [-0.15, -0.1) is 0 Å². The second kappa shape index (κ2) is 5.97. The van der Waals surface area contributed by atoms with Gasteiger partial charge in [0.2, 0.25) is 0 Å². The predicted octanol–water partition coefficient (Wildman–Crippen LogP) is 4.03. The zero-order valence-corrected chi connectivity index (χ0v) is 14.4. The van der Waals surface area contributed by atoms with E-state index in [-0.39, 0.29) is 5.54 Å². The van der Waals surface area contributed by atoms with Gasteiger partial charge < -0.3 is 10.5 Å². The van der Waals surface area contributed by atoms with Gasteiger partial charge in [-0.3, -0.25) is 0 Å². The molecule has 0 fully saturated rings. The minimum absolute atomic E-state index is 0.283. The maximum absolute atomic E-state index is 6.81. The number of benzene rings is 2. The van der Waals surface area contributed by atoms with Gasteiger partial charge in [-0.2, -0.15) is 0 Å². The first-order valence-corrected chi connectivity index (χ1v) is 8.39. The zero-order chi connectivity index (χ0) is 14.9. The van der Waals surface area contributed by atoms with Gasteiger partial charge in [-0.05, 0) is 89.2 Å². The van der Waals surface area contributed by atoms with Crippen LogP contribution in [0, 0.1) is 3.57 Å². The van der Waals surface area contributed by atoms with Crippen LogP contribution in [0.4, 0.5) is 0 Å². The third-order valence-corrected chi connectivity index (χ3v) is 5.07. The summed E-state index contributed by atoms with van der Waals surface area (Å²) in [5.41, 5.74) is 10.5. The van der Waals surface area contributed by atoms with Crippen LogP contribution in [0.5, 0.6) is 5.75 Å². The zero-order valence-electron chi connectivity index (χ0n) is 12.2. The highest BCUT2D eigenvalue weighted by atomic mass is 127. The summed E-state index contributed by atoms with van der Waals surface area (Å²) in [6.45, 7) is 0. The van der Waals surface area contributed by atoms with E-state index in [1.165, 1.54) is 20.3 Å². The van der Waals surface area contributed by atoms with E-state index in [1.807, 2.05) is 6.07 Å². The van der Waals surface area contributed by atoms with Gasteiger partial charge in [-0.1, -0.05) is 18.2 Å². The number of fused-ring (bicyclic) bond motifs is 1. The fourth-order valence-corrected chi connectivity index (χ4v) is 3.60. The first kappa shape index (κ1) is 14.9. The lowest BCUT2D eigenvalue weighted by Gasteiger charge is -2.36. The molecule has 0 heterocycles. The number of methoxy groups -OCH3 is 1. The molecule has 1 aliphatic rings. The highest BCUT2D eigenvalue weighted by Crippen LogP contribution is 2.37. The van der Waals surface area contributed by atoms with Crippen molar-refractivity contribution in [2.75, 3.05) is 7.11 Å². The normalized spacial score (nSPS) is 20.9.